The Morgan fingerprint density at radius 3 is 3.06 bits per heavy atom. The van der Waals surface area contributed by atoms with Crippen LogP contribution >= 0.6 is 11.8 Å². The maximum absolute atomic E-state index is 12.5. The van der Waals surface area contributed by atoms with Crippen LogP contribution in [-0.2, 0) is 4.79 Å². The van der Waals surface area contributed by atoms with Gasteiger partial charge in [0.25, 0.3) is 0 Å². The molecule has 3 rings (SSSR count). The maximum atomic E-state index is 12.5. The molecule has 0 radical (unpaired) electrons. The van der Waals surface area contributed by atoms with Crippen LogP contribution in [0.25, 0.3) is 0 Å². The number of nitrogens with zero attached hydrogens (tertiary/aromatic N) is 1. The molecule has 2 aliphatic heterocycles. The van der Waals surface area contributed by atoms with Gasteiger partial charge in [-0.25, -0.2) is 0 Å². The third-order valence-electron chi connectivity index (χ3n) is 3.40. The van der Waals surface area contributed by atoms with E-state index in [1.54, 1.807) is 11.8 Å². The molecule has 1 aromatic rings. The highest BCUT2D eigenvalue weighted by atomic mass is 32.2. The number of hydrogen-bond donors (Lipinski definition) is 2. The van der Waals surface area contributed by atoms with Crippen LogP contribution in [0.5, 0.6) is 0 Å². The third kappa shape index (κ3) is 2.13. The van der Waals surface area contributed by atoms with Gasteiger partial charge >= 0.3 is 0 Å². The van der Waals surface area contributed by atoms with Crippen molar-refractivity contribution in [2.75, 3.05) is 23.7 Å². The van der Waals surface area contributed by atoms with Crippen LogP contribution in [0, 0.1) is 0 Å². The van der Waals surface area contributed by atoms with Crippen molar-refractivity contribution < 1.29 is 9.90 Å². The van der Waals surface area contributed by atoms with E-state index >= 15 is 0 Å². The molecule has 1 aromatic carbocycles. The van der Waals surface area contributed by atoms with E-state index < -0.39 is 6.10 Å². The normalized spacial score (nSPS) is 27.1. The first-order valence-corrected chi connectivity index (χ1v) is 7.19. The summed E-state index contributed by atoms with van der Waals surface area (Å²) < 4.78 is 0. The summed E-state index contributed by atoms with van der Waals surface area (Å²) in [6.45, 7) is 1.26. The minimum absolute atomic E-state index is 0.0827. The summed E-state index contributed by atoms with van der Waals surface area (Å²) in [4.78, 5) is 15.5. The van der Waals surface area contributed by atoms with Gasteiger partial charge in [-0.1, -0.05) is 12.1 Å². The Kier molecular flexibility index (Phi) is 3.28. The predicted molar refractivity (Wildman–Crippen MR) is 71.9 cm³/mol. The molecule has 1 saturated heterocycles. The number of aliphatic hydroxyl groups excluding tert-OH is 1. The number of hydrogen-bond acceptors (Lipinski definition) is 4. The van der Waals surface area contributed by atoms with Crippen molar-refractivity contribution in [1.29, 1.82) is 0 Å². The molecule has 2 N–H and O–H groups in total. The van der Waals surface area contributed by atoms with Crippen LogP contribution in [0.4, 0.5) is 5.69 Å². The van der Waals surface area contributed by atoms with E-state index in [2.05, 4.69) is 11.4 Å². The van der Waals surface area contributed by atoms with E-state index in [0.29, 0.717) is 13.0 Å². The van der Waals surface area contributed by atoms with Gasteiger partial charge in [-0.15, -0.1) is 11.8 Å². The summed E-state index contributed by atoms with van der Waals surface area (Å²) in [5.74, 6) is 1.01. The van der Waals surface area contributed by atoms with E-state index in [1.165, 1.54) is 0 Å². The Morgan fingerprint density at radius 1 is 1.44 bits per heavy atom. The molecule has 2 atom stereocenters. The average molecular weight is 264 g/mol. The van der Waals surface area contributed by atoms with E-state index in [0.717, 1.165) is 22.9 Å². The standard InChI is InChI=1S/C13H16N2O2S/c16-9-7-10(14-8-9)13(17)15-5-6-18-12-4-2-1-3-11(12)15/h1-4,9-10,14,16H,5-8H2. The Morgan fingerprint density at radius 2 is 2.28 bits per heavy atom. The molecule has 18 heavy (non-hydrogen) atoms. The van der Waals surface area contributed by atoms with Crippen molar-refractivity contribution in [3.8, 4) is 0 Å². The predicted octanol–water partition coefficient (Wildman–Crippen LogP) is 0.848. The number of rotatable bonds is 1. The van der Waals surface area contributed by atoms with Gasteiger partial charge < -0.3 is 15.3 Å². The smallest absolute Gasteiger partial charge is 0.244 e. The lowest BCUT2D eigenvalue weighted by molar-refractivity contribution is -0.120. The summed E-state index contributed by atoms with van der Waals surface area (Å²) in [7, 11) is 0. The first-order chi connectivity index (χ1) is 8.75. The second kappa shape index (κ2) is 4.91. The molecule has 1 fully saturated rings. The lowest BCUT2D eigenvalue weighted by atomic mass is 10.1. The third-order valence-corrected chi connectivity index (χ3v) is 4.44. The molecule has 0 saturated carbocycles. The molecular formula is C13H16N2O2S. The highest BCUT2D eigenvalue weighted by Crippen LogP contribution is 2.34. The van der Waals surface area contributed by atoms with Crippen molar-refractivity contribution in [2.24, 2.45) is 0 Å². The zero-order valence-corrected chi connectivity index (χ0v) is 10.8. The van der Waals surface area contributed by atoms with E-state index in [-0.39, 0.29) is 11.9 Å². The van der Waals surface area contributed by atoms with Crippen LogP contribution in [0.15, 0.2) is 29.2 Å². The van der Waals surface area contributed by atoms with E-state index in [1.807, 2.05) is 23.1 Å². The summed E-state index contributed by atoms with van der Waals surface area (Å²) in [6.07, 6.45) is 0.123. The molecule has 0 aromatic heterocycles. The molecule has 2 unspecified atom stereocenters. The molecule has 4 nitrogen and oxygen atoms in total. The molecule has 1 amide bonds. The van der Waals surface area contributed by atoms with Gasteiger partial charge in [0.1, 0.15) is 0 Å². The highest BCUT2D eigenvalue weighted by Gasteiger charge is 2.33. The van der Waals surface area contributed by atoms with E-state index in [4.69, 9.17) is 0 Å². The topological polar surface area (TPSA) is 52.6 Å². The van der Waals surface area contributed by atoms with Crippen molar-refractivity contribution in [2.45, 2.75) is 23.5 Å². The minimum atomic E-state index is -0.395. The monoisotopic (exact) mass is 264 g/mol. The maximum Gasteiger partial charge on any atom is 0.244 e. The van der Waals surface area contributed by atoms with E-state index in [9.17, 15) is 9.90 Å². The average Bonchev–Trinajstić information content (AvgIpc) is 2.84. The van der Waals surface area contributed by atoms with Gasteiger partial charge in [0.05, 0.1) is 17.8 Å². The van der Waals surface area contributed by atoms with Crippen LogP contribution in [-0.4, -0.2) is 42.0 Å². The fraction of sp³-hybridized carbons (Fsp3) is 0.462. The number of carbonyl (C=O) groups excluding carboxylic acids is 1. The number of benzene rings is 1. The van der Waals surface area contributed by atoms with Gasteiger partial charge in [-0.2, -0.15) is 0 Å². The summed E-state index contributed by atoms with van der Waals surface area (Å²) in [5.41, 5.74) is 1.00. The van der Waals surface area contributed by atoms with Crippen LogP contribution in [0.3, 0.4) is 0 Å². The fourth-order valence-corrected chi connectivity index (χ4v) is 3.49. The van der Waals surface area contributed by atoms with Crippen molar-refractivity contribution in [3.63, 3.8) is 0 Å². The summed E-state index contributed by atoms with van der Waals surface area (Å²) in [6, 6.07) is 7.76. The number of β-amino-alcohol motifs (C(OH)–C–C–N with tert-alkyl or cyclic N) is 1. The number of para-hydroxylation sites is 1. The lowest BCUT2D eigenvalue weighted by Crippen LogP contribution is -2.45. The van der Waals surface area contributed by atoms with Crippen LogP contribution < -0.4 is 10.2 Å². The summed E-state index contributed by atoms with van der Waals surface area (Å²) >= 11 is 1.79. The van der Waals surface area contributed by atoms with Crippen LogP contribution in [0.2, 0.25) is 0 Å². The van der Waals surface area contributed by atoms with Crippen molar-refractivity contribution >= 4 is 23.4 Å². The number of amides is 1. The summed E-state index contributed by atoms with van der Waals surface area (Å²) in [5, 5.41) is 12.6. The SMILES string of the molecule is O=C(C1CC(O)CN1)N1CCSc2ccccc21. The first kappa shape index (κ1) is 12.0. The molecule has 2 aliphatic rings. The minimum Gasteiger partial charge on any atom is -0.392 e. The molecule has 96 valence electrons. The second-order valence-electron chi connectivity index (χ2n) is 4.66. The fourth-order valence-electron chi connectivity index (χ4n) is 2.49. The Bertz CT molecular complexity index is 466. The molecule has 2 heterocycles. The number of fused-ring (bicyclic) bond motifs is 1. The zero-order chi connectivity index (χ0) is 12.5. The van der Waals surface area contributed by atoms with Gasteiger partial charge in [-0.3, -0.25) is 4.79 Å². The first-order valence-electron chi connectivity index (χ1n) is 6.20. The Labute approximate surface area is 110 Å². The number of anilines is 1. The lowest BCUT2D eigenvalue weighted by Gasteiger charge is -2.30. The second-order valence-corrected chi connectivity index (χ2v) is 5.79. The molecular weight excluding hydrogens is 248 g/mol. The van der Waals surface area contributed by atoms with Gasteiger partial charge in [0.15, 0.2) is 0 Å². The Hall–Kier alpha value is -1.04. The molecule has 0 aliphatic carbocycles. The number of thioether (sulfide) groups is 1. The number of carbonyl (C=O) groups is 1. The van der Waals surface area contributed by atoms with Gasteiger partial charge in [0.2, 0.25) is 5.91 Å². The van der Waals surface area contributed by atoms with Crippen molar-refractivity contribution in [1.82, 2.24) is 5.32 Å². The molecule has 0 bridgehead atoms. The largest absolute Gasteiger partial charge is 0.392 e. The van der Waals surface area contributed by atoms with Gasteiger partial charge in [0, 0.05) is 23.7 Å². The molecule has 5 heteroatoms. The quantitative estimate of drug-likeness (QED) is 0.789. The van der Waals surface area contributed by atoms with Gasteiger partial charge in [-0.05, 0) is 18.6 Å². The highest BCUT2D eigenvalue weighted by molar-refractivity contribution is 7.99. The number of nitrogens with one attached hydrogen (secondary N) is 1. The van der Waals surface area contributed by atoms with Crippen molar-refractivity contribution in [3.05, 3.63) is 24.3 Å². The van der Waals surface area contributed by atoms with Crippen LogP contribution in [0.1, 0.15) is 6.42 Å². The zero-order valence-electron chi connectivity index (χ0n) is 10.0. The Balaban J connectivity index is 1.83. The number of aliphatic hydroxyl groups is 1. The molecule has 0 spiro atoms.